The van der Waals surface area contributed by atoms with Crippen molar-refractivity contribution in [2.75, 3.05) is 13.2 Å². The molecule has 4 nitrogen and oxygen atoms in total. The predicted octanol–water partition coefficient (Wildman–Crippen LogP) is 2.60. The molecule has 0 aromatic carbocycles. The van der Waals surface area contributed by atoms with Crippen LogP contribution in [0.4, 0.5) is 0 Å². The van der Waals surface area contributed by atoms with Crippen molar-refractivity contribution in [3.63, 3.8) is 0 Å². The van der Waals surface area contributed by atoms with Gasteiger partial charge in [0.15, 0.2) is 0 Å². The van der Waals surface area contributed by atoms with Gasteiger partial charge < -0.3 is 4.74 Å². The van der Waals surface area contributed by atoms with E-state index >= 15 is 0 Å². The molecule has 1 heterocycles. The van der Waals surface area contributed by atoms with Crippen molar-refractivity contribution in [1.29, 1.82) is 0 Å². The molecule has 0 bridgehead atoms. The second-order valence-corrected chi connectivity index (χ2v) is 8.19. The van der Waals surface area contributed by atoms with Gasteiger partial charge in [0.25, 0.3) is 0 Å². The lowest BCUT2D eigenvalue weighted by Crippen LogP contribution is -2.25. The molecular formula is C10H16BrNO3S2. The first-order valence-corrected chi connectivity index (χ1v) is 8.37. The van der Waals surface area contributed by atoms with Crippen LogP contribution in [0.3, 0.4) is 0 Å². The summed E-state index contributed by atoms with van der Waals surface area (Å²) >= 11 is 4.44. The maximum atomic E-state index is 11.8. The number of halogens is 1. The molecule has 0 aliphatic rings. The topological polar surface area (TPSA) is 55.4 Å². The van der Waals surface area contributed by atoms with Gasteiger partial charge >= 0.3 is 0 Å². The van der Waals surface area contributed by atoms with Crippen molar-refractivity contribution in [2.45, 2.75) is 30.6 Å². The quantitative estimate of drug-likeness (QED) is 0.775. The third kappa shape index (κ3) is 5.48. The van der Waals surface area contributed by atoms with E-state index in [0.29, 0.717) is 23.8 Å². The Kier molecular flexibility index (Phi) is 6.08. The molecule has 1 aromatic rings. The summed E-state index contributed by atoms with van der Waals surface area (Å²) in [6, 6.07) is 3.31. The van der Waals surface area contributed by atoms with Crippen molar-refractivity contribution in [3.05, 3.63) is 15.9 Å². The summed E-state index contributed by atoms with van der Waals surface area (Å²) < 4.78 is 32.6. The Morgan fingerprint density at radius 2 is 2.18 bits per heavy atom. The fourth-order valence-corrected chi connectivity index (χ4v) is 4.24. The van der Waals surface area contributed by atoms with Crippen LogP contribution in [-0.4, -0.2) is 27.7 Å². The van der Waals surface area contributed by atoms with Crippen LogP contribution >= 0.6 is 27.3 Å². The summed E-state index contributed by atoms with van der Waals surface area (Å²) in [5.74, 6) is 0. The minimum Gasteiger partial charge on any atom is -0.379 e. The third-order valence-electron chi connectivity index (χ3n) is 1.88. The number of ether oxygens (including phenoxy) is 1. The number of nitrogens with one attached hydrogen (secondary N) is 1. The minimum absolute atomic E-state index is 0.180. The Bertz CT molecular complexity index is 442. The zero-order chi connectivity index (χ0) is 12.9. The lowest BCUT2D eigenvalue weighted by molar-refractivity contribution is 0.0778. The third-order valence-corrected chi connectivity index (χ3v) is 5.45. The summed E-state index contributed by atoms with van der Waals surface area (Å²) in [5.41, 5.74) is 0. The minimum atomic E-state index is -3.36. The average molecular weight is 342 g/mol. The Morgan fingerprint density at radius 3 is 2.71 bits per heavy atom. The highest BCUT2D eigenvalue weighted by Crippen LogP contribution is 2.25. The van der Waals surface area contributed by atoms with Gasteiger partial charge in [0.2, 0.25) is 10.0 Å². The Labute approximate surface area is 115 Å². The Morgan fingerprint density at radius 1 is 1.47 bits per heavy atom. The Balaban J connectivity index is 2.36. The number of thiophene rings is 1. The van der Waals surface area contributed by atoms with Crippen LogP contribution in [0.2, 0.25) is 0 Å². The molecule has 0 unspecified atom stereocenters. The highest BCUT2D eigenvalue weighted by molar-refractivity contribution is 9.11. The molecule has 0 amide bonds. The monoisotopic (exact) mass is 341 g/mol. The van der Waals surface area contributed by atoms with Gasteiger partial charge in [0.1, 0.15) is 4.21 Å². The van der Waals surface area contributed by atoms with E-state index in [1.807, 2.05) is 13.8 Å². The first-order valence-electron chi connectivity index (χ1n) is 5.28. The van der Waals surface area contributed by atoms with Crippen LogP contribution < -0.4 is 4.72 Å². The molecule has 1 rings (SSSR count). The second-order valence-electron chi connectivity index (χ2n) is 3.73. The SMILES string of the molecule is CC(C)OCCCNS(=O)(=O)c1ccc(Br)s1. The molecule has 0 aliphatic carbocycles. The highest BCUT2D eigenvalue weighted by Gasteiger charge is 2.15. The summed E-state index contributed by atoms with van der Waals surface area (Å²) in [7, 11) is -3.36. The van der Waals surface area contributed by atoms with Gasteiger partial charge in [-0.05, 0) is 48.3 Å². The number of rotatable bonds is 7. The molecule has 17 heavy (non-hydrogen) atoms. The lowest BCUT2D eigenvalue weighted by atomic mass is 10.4. The van der Waals surface area contributed by atoms with Gasteiger partial charge in [0, 0.05) is 13.2 Å². The van der Waals surface area contributed by atoms with Crippen molar-refractivity contribution >= 4 is 37.3 Å². The van der Waals surface area contributed by atoms with Gasteiger partial charge in [0.05, 0.1) is 9.89 Å². The Hall–Kier alpha value is 0.0500. The van der Waals surface area contributed by atoms with E-state index in [-0.39, 0.29) is 6.10 Å². The van der Waals surface area contributed by atoms with Crippen molar-refractivity contribution < 1.29 is 13.2 Å². The summed E-state index contributed by atoms with van der Waals surface area (Å²) in [6.07, 6.45) is 0.851. The summed E-state index contributed by atoms with van der Waals surface area (Å²) in [6.45, 7) is 4.86. The van der Waals surface area contributed by atoms with E-state index < -0.39 is 10.0 Å². The number of sulfonamides is 1. The normalized spacial score (nSPS) is 12.2. The molecule has 0 saturated heterocycles. The van der Waals surface area contributed by atoms with E-state index in [1.165, 1.54) is 11.3 Å². The van der Waals surface area contributed by atoms with E-state index in [4.69, 9.17) is 4.74 Å². The summed E-state index contributed by atoms with van der Waals surface area (Å²) in [4.78, 5) is 0. The van der Waals surface area contributed by atoms with E-state index in [2.05, 4.69) is 20.7 Å². The molecule has 98 valence electrons. The maximum Gasteiger partial charge on any atom is 0.250 e. The number of hydrogen-bond donors (Lipinski definition) is 1. The molecule has 0 radical (unpaired) electrons. The maximum absolute atomic E-state index is 11.8. The standard InChI is InChI=1S/C10H16BrNO3S2/c1-8(2)15-7-3-6-12-17(13,14)10-5-4-9(11)16-10/h4-5,8,12H,3,6-7H2,1-2H3. The molecule has 7 heteroatoms. The van der Waals surface area contributed by atoms with Crippen LogP contribution in [-0.2, 0) is 14.8 Å². The van der Waals surface area contributed by atoms with Crippen molar-refractivity contribution in [1.82, 2.24) is 4.72 Å². The molecule has 0 atom stereocenters. The smallest absolute Gasteiger partial charge is 0.250 e. The van der Waals surface area contributed by atoms with Gasteiger partial charge in [-0.25, -0.2) is 13.1 Å². The van der Waals surface area contributed by atoms with Crippen molar-refractivity contribution in [2.24, 2.45) is 0 Å². The van der Waals surface area contributed by atoms with Crippen LogP contribution in [0.15, 0.2) is 20.1 Å². The number of hydrogen-bond acceptors (Lipinski definition) is 4. The molecule has 0 fully saturated rings. The van der Waals surface area contributed by atoms with E-state index in [0.717, 1.165) is 3.79 Å². The fourth-order valence-electron chi connectivity index (χ4n) is 1.11. The van der Waals surface area contributed by atoms with Crippen LogP contribution in [0, 0.1) is 0 Å². The van der Waals surface area contributed by atoms with Gasteiger partial charge in [-0.15, -0.1) is 11.3 Å². The van der Waals surface area contributed by atoms with Gasteiger partial charge in [-0.3, -0.25) is 0 Å². The van der Waals surface area contributed by atoms with E-state index in [9.17, 15) is 8.42 Å². The van der Waals surface area contributed by atoms with E-state index in [1.54, 1.807) is 12.1 Å². The molecule has 0 spiro atoms. The van der Waals surface area contributed by atoms with Gasteiger partial charge in [-0.2, -0.15) is 0 Å². The van der Waals surface area contributed by atoms with Crippen molar-refractivity contribution in [3.8, 4) is 0 Å². The summed E-state index contributed by atoms with van der Waals surface area (Å²) in [5, 5.41) is 0. The highest BCUT2D eigenvalue weighted by atomic mass is 79.9. The zero-order valence-corrected chi connectivity index (χ0v) is 13.0. The predicted molar refractivity (Wildman–Crippen MR) is 72.9 cm³/mol. The molecule has 1 N–H and O–H groups in total. The van der Waals surface area contributed by atoms with Crippen LogP contribution in [0.5, 0.6) is 0 Å². The first kappa shape index (κ1) is 15.1. The molecule has 0 aliphatic heterocycles. The average Bonchev–Trinajstić information content (AvgIpc) is 2.64. The molecular weight excluding hydrogens is 326 g/mol. The first-order chi connectivity index (χ1) is 7.92. The fraction of sp³-hybridized carbons (Fsp3) is 0.600. The molecule has 0 saturated carbocycles. The van der Waals surface area contributed by atoms with Gasteiger partial charge in [-0.1, -0.05) is 0 Å². The molecule has 1 aromatic heterocycles. The van der Waals surface area contributed by atoms with Crippen LogP contribution in [0.25, 0.3) is 0 Å². The zero-order valence-electron chi connectivity index (χ0n) is 9.77. The second kappa shape index (κ2) is 6.84. The largest absolute Gasteiger partial charge is 0.379 e. The van der Waals surface area contributed by atoms with Crippen LogP contribution in [0.1, 0.15) is 20.3 Å². The lowest BCUT2D eigenvalue weighted by Gasteiger charge is -2.07.